The Kier molecular flexibility index (Phi) is 2.27. The molecule has 7 heteroatoms. The summed E-state index contributed by atoms with van der Waals surface area (Å²) >= 11 is 0. The minimum Gasteiger partial charge on any atom is -0.456 e. The predicted octanol–water partition coefficient (Wildman–Crippen LogP) is 3.69. The summed E-state index contributed by atoms with van der Waals surface area (Å²) in [5, 5.41) is 0. The van der Waals surface area contributed by atoms with Crippen molar-refractivity contribution in [3.05, 3.63) is 53.1 Å². The number of imide groups is 1. The number of hydrogen-bond donors (Lipinski definition) is 0. The summed E-state index contributed by atoms with van der Waals surface area (Å²) in [5.74, 6) is -1.35. The van der Waals surface area contributed by atoms with Gasteiger partial charge in [-0.25, -0.2) is 4.90 Å². The molecule has 1 aromatic carbocycles. The molecule has 0 saturated heterocycles. The molecule has 2 aromatic heterocycles. The molecule has 1 aliphatic rings. The van der Waals surface area contributed by atoms with Gasteiger partial charge in [-0.3, -0.25) is 9.59 Å². The van der Waals surface area contributed by atoms with Gasteiger partial charge >= 0.3 is 6.18 Å². The Balaban J connectivity index is 1.84. The maximum Gasteiger partial charge on any atom is 0.416 e. The van der Waals surface area contributed by atoms with Crippen LogP contribution in [0.1, 0.15) is 26.3 Å². The van der Waals surface area contributed by atoms with Crippen molar-refractivity contribution in [2.45, 2.75) is 6.18 Å². The van der Waals surface area contributed by atoms with Crippen molar-refractivity contribution in [3.8, 4) is 0 Å². The van der Waals surface area contributed by atoms with E-state index in [-0.39, 0.29) is 28.0 Å². The quantitative estimate of drug-likeness (QED) is 0.644. The highest BCUT2D eigenvalue weighted by molar-refractivity contribution is 6.38. The van der Waals surface area contributed by atoms with Gasteiger partial charge in [0.15, 0.2) is 0 Å². The van der Waals surface area contributed by atoms with Crippen LogP contribution in [-0.4, -0.2) is 11.8 Å². The molecule has 0 atom stereocenters. The maximum absolute atomic E-state index is 12.8. The third-order valence-electron chi connectivity index (χ3n) is 3.61. The number of halogens is 3. The highest BCUT2D eigenvalue weighted by Gasteiger charge is 2.43. The number of carbonyl (C=O) groups excluding carboxylic acids is 2. The van der Waals surface area contributed by atoms with Gasteiger partial charge < -0.3 is 4.42 Å². The van der Waals surface area contributed by atoms with Gasteiger partial charge in [-0.05, 0) is 30.3 Å². The minimum atomic E-state index is -4.55. The lowest BCUT2D eigenvalue weighted by Gasteiger charge is -2.16. The number of fused-ring (bicyclic) bond motifs is 5. The SMILES string of the molecule is O=C1c2c(c3ccc2o3)C(=O)N1c1cccc(C(F)(F)F)c1. The molecule has 1 aliphatic heterocycles. The lowest BCUT2D eigenvalue weighted by atomic mass is 10.1. The molecule has 3 aromatic rings. The second-order valence-corrected chi connectivity index (χ2v) is 4.91. The average Bonchev–Trinajstić information content (AvgIpc) is 3.12. The van der Waals surface area contributed by atoms with Crippen molar-refractivity contribution >= 4 is 28.7 Å². The van der Waals surface area contributed by atoms with Crippen molar-refractivity contribution in [2.75, 3.05) is 4.90 Å². The fraction of sp³-hybridized carbons (Fsp3) is 0.0667. The van der Waals surface area contributed by atoms with Crippen molar-refractivity contribution in [1.82, 2.24) is 0 Å². The summed E-state index contributed by atoms with van der Waals surface area (Å²) in [4.78, 5) is 25.5. The predicted molar refractivity (Wildman–Crippen MR) is 70.0 cm³/mol. The zero-order chi connectivity index (χ0) is 15.6. The third kappa shape index (κ3) is 1.53. The van der Waals surface area contributed by atoms with Crippen LogP contribution in [0.25, 0.3) is 11.2 Å². The van der Waals surface area contributed by atoms with E-state index in [2.05, 4.69) is 0 Å². The molecular weight excluding hydrogens is 299 g/mol. The first-order chi connectivity index (χ1) is 10.4. The highest BCUT2D eigenvalue weighted by atomic mass is 19.4. The monoisotopic (exact) mass is 305 g/mol. The summed E-state index contributed by atoms with van der Waals surface area (Å²) in [6.07, 6.45) is -4.55. The Bertz CT molecular complexity index is 881. The van der Waals surface area contributed by atoms with Crippen LogP contribution in [0.15, 0.2) is 40.8 Å². The zero-order valence-corrected chi connectivity index (χ0v) is 10.8. The van der Waals surface area contributed by atoms with E-state index >= 15 is 0 Å². The largest absolute Gasteiger partial charge is 0.456 e. The molecule has 3 heterocycles. The summed E-state index contributed by atoms with van der Waals surface area (Å²) in [6.45, 7) is 0. The van der Waals surface area contributed by atoms with Crippen LogP contribution in [0.5, 0.6) is 0 Å². The Labute approximate surface area is 121 Å². The molecule has 4 nitrogen and oxygen atoms in total. The number of rotatable bonds is 1. The highest BCUT2D eigenvalue weighted by Crippen LogP contribution is 2.39. The zero-order valence-electron chi connectivity index (χ0n) is 10.8. The van der Waals surface area contributed by atoms with Crippen LogP contribution in [-0.2, 0) is 6.18 Å². The third-order valence-corrected chi connectivity index (χ3v) is 3.61. The Morgan fingerprint density at radius 1 is 0.909 bits per heavy atom. The molecule has 22 heavy (non-hydrogen) atoms. The average molecular weight is 305 g/mol. The molecular formula is C15H6F3NO3. The van der Waals surface area contributed by atoms with Crippen LogP contribution >= 0.6 is 0 Å². The number of nitrogens with zero attached hydrogens (tertiary/aromatic N) is 1. The van der Waals surface area contributed by atoms with Crippen LogP contribution in [0, 0.1) is 0 Å². The topological polar surface area (TPSA) is 50.5 Å². The Morgan fingerprint density at radius 3 is 2.05 bits per heavy atom. The van der Waals surface area contributed by atoms with E-state index in [0.29, 0.717) is 0 Å². The van der Waals surface area contributed by atoms with Crippen molar-refractivity contribution in [3.63, 3.8) is 0 Å². The van der Waals surface area contributed by atoms with Crippen LogP contribution in [0.2, 0.25) is 0 Å². The number of furan rings is 2. The molecule has 0 spiro atoms. The van der Waals surface area contributed by atoms with E-state index in [0.717, 1.165) is 23.1 Å². The lowest BCUT2D eigenvalue weighted by molar-refractivity contribution is -0.137. The van der Waals surface area contributed by atoms with E-state index in [1.54, 1.807) is 12.1 Å². The van der Waals surface area contributed by atoms with Gasteiger partial charge in [0, 0.05) is 0 Å². The normalized spacial score (nSPS) is 15.1. The first kappa shape index (κ1) is 12.9. The lowest BCUT2D eigenvalue weighted by Crippen LogP contribution is -2.29. The number of benzene rings is 2. The molecule has 0 aliphatic carbocycles. The fourth-order valence-electron chi connectivity index (χ4n) is 2.65. The fourth-order valence-corrected chi connectivity index (χ4v) is 2.65. The van der Waals surface area contributed by atoms with Gasteiger partial charge in [-0.1, -0.05) is 6.07 Å². The second kappa shape index (κ2) is 3.88. The van der Waals surface area contributed by atoms with E-state index in [1.165, 1.54) is 6.07 Å². The van der Waals surface area contributed by atoms with Gasteiger partial charge in [0.2, 0.25) is 0 Å². The van der Waals surface area contributed by atoms with Crippen LogP contribution in [0.3, 0.4) is 0 Å². The molecule has 0 unspecified atom stereocenters. The molecule has 110 valence electrons. The number of carbonyl (C=O) groups is 2. The number of amides is 2. The molecule has 2 bridgehead atoms. The van der Waals surface area contributed by atoms with Gasteiger partial charge in [-0.2, -0.15) is 13.2 Å². The van der Waals surface area contributed by atoms with Crippen molar-refractivity contribution in [1.29, 1.82) is 0 Å². The van der Waals surface area contributed by atoms with E-state index in [1.807, 2.05) is 0 Å². The van der Waals surface area contributed by atoms with Gasteiger partial charge in [0.05, 0.1) is 22.4 Å². The molecule has 4 rings (SSSR count). The van der Waals surface area contributed by atoms with Crippen LogP contribution in [0.4, 0.5) is 18.9 Å². The van der Waals surface area contributed by atoms with Gasteiger partial charge in [0.1, 0.15) is 11.2 Å². The summed E-state index contributed by atoms with van der Waals surface area (Å²) in [6, 6.07) is 7.21. The summed E-state index contributed by atoms with van der Waals surface area (Å²) in [7, 11) is 0. The summed E-state index contributed by atoms with van der Waals surface area (Å²) in [5.41, 5.74) is -0.286. The van der Waals surface area contributed by atoms with Gasteiger partial charge in [0.25, 0.3) is 11.8 Å². The molecule has 0 radical (unpaired) electrons. The maximum atomic E-state index is 12.8. The minimum absolute atomic E-state index is 0.111. The molecule has 2 amide bonds. The van der Waals surface area contributed by atoms with Gasteiger partial charge in [-0.15, -0.1) is 0 Å². The van der Waals surface area contributed by atoms with E-state index in [4.69, 9.17) is 4.42 Å². The second-order valence-electron chi connectivity index (χ2n) is 4.91. The standard InChI is InChI=1S/C15H6F3NO3/c16-15(17,18)7-2-1-3-8(6-7)19-13(20)11-9-4-5-10(22-9)12(11)14(19)21/h1-6H. The van der Waals surface area contributed by atoms with Crippen molar-refractivity contribution in [2.24, 2.45) is 0 Å². The molecule has 0 N–H and O–H groups in total. The number of anilines is 1. The molecule has 0 saturated carbocycles. The Morgan fingerprint density at radius 2 is 1.50 bits per heavy atom. The number of hydrogen-bond acceptors (Lipinski definition) is 3. The first-order valence-corrected chi connectivity index (χ1v) is 6.29. The molecule has 0 fully saturated rings. The van der Waals surface area contributed by atoms with Crippen LogP contribution < -0.4 is 4.90 Å². The number of alkyl halides is 3. The van der Waals surface area contributed by atoms with E-state index < -0.39 is 23.6 Å². The smallest absolute Gasteiger partial charge is 0.416 e. The van der Waals surface area contributed by atoms with E-state index in [9.17, 15) is 22.8 Å². The summed E-state index contributed by atoms with van der Waals surface area (Å²) < 4.78 is 43.6. The Hall–Kier alpha value is -2.83. The first-order valence-electron chi connectivity index (χ1n) is 6.29. The van der Waals surface area contributed by atoms with Crippen molar-refractivity contribution < 1.29 is 27.2 Å².